The molecule has 1 aromatic carbocycles. The lowest BCUT2D eigenvalue weighted by Crippen LogP contribution is -1.92. The van der Waals surface area contributed by atoms with Gasteiger partial charge in [0.1, 0.15) is 0 Å². The maximum Gasteiger partial charge on any atom is 0.231 e. The second-order valence-electron chi connectivity index (χ2n) is 2.93. The van der Waals surface area contributed by atoms with Gasteiger partial charge in [-0.15, -0.1) is 0 Å². The molecule has 0 atom stereocenters. The third-order valence-electron chi connectivity index (χ3n) is 1.87. The van der Waals surface area contributed by atoms with Crippen molar-refractivity contribution in [1.29, 1.82) is 0 Å². The first-order chi connectivity index (χ1) is 5.77. The molecule has 1 heterocycles. The van der Waals surface area contributed by atoms with Crippen molar-refractivity contribution in [1.82, 2.24) is 0 Å². The van der Waals surface area contributed by atoms with E-state index in [9.17, 15) is 0 Å². The van der Waals surface area contributed by atoms with Gasteiger partial charge >= 0.3 is 0 Å². The molecule has 0 saturated heterocycles. The summed E-state index contributed by atoms with van der Waals surface area (Å²) in [6.07, 6.45) is 4.46. The molecule has 3 heteroatoms. The first-order valence-electron chi connectivity index (χ1n) is 3.84. The number of hydrogen-bond donors (Lipinski definition) is 1. The monoisotopic (exact) mass is 184 g/mol. The molecule has 0 unspecified atom stereocenters. The largest absolute Gasteiger partial charge is 0.454 e. The van der Waals surface area contributed by atoms with E-state index in [1.165, 1.54) is 4.90 Å². The fourth-order valence-corrected chi connectivity index (χ4v) is 1.91. The Labute approximate surface area is 74.8 Å². The zero-order valence-corrected chi connectivity index (χ0v) is 8.10. The highest BCUT2D eigenvalue weighted by atomic mass is 32.2. The molecule has 2 nitrogen and oxygen atoms in total. The Morgan fingerprint density at radius 3 is 2.67 bits per heavy atom. The number of ether oxygens (including phenoxy) is 2. The van der Waals surface area contributed by atoms with E-state index in [2.05, 4.69) is 24.6 Å². The Hall–Kier alpha value is -0.830. The predicted octanol–water partition coefficient (Wildman–Crippen LogP) is 2.03. The van der Waals surface area contributed by atoms with E-state index in [0.29, 0.717) is 6.79 Å². The molecule has 1 aromatic rings. The van der Waals surface area contributed by atoms with Gasteiger partial charge in [0.25, 0.3) is 0 Å². The molecule has 0 N–H and O–H groups in total. The lowest BCUT2D eigenvalue weighted by Gasteiger charge is -2.09. The van der Waals surface area contributed by atoms with Crippen LogP contribution in [0.3, 0.4) is 0 Å². The highest BCUT2D eigenvalue weighted by molar-refractivity contribution is 8.15. The van der Waals surface area contributed by atoms with Crippen LogP contribution in [0.2, 0.25) is 0 Å². The summed E-state index contributed by atoms with van der Waals surface area (Å²) >= 11 is 0. The normalized spacial score (nSPS) is 14.7. The van der Waals surface area contributed by atoms with E-state index in [1.54, 1.807) is 0 Å². The van der Waals surface area contributed by atoms with Crippen molar-refractivity contribution in [3.05, 3.63) is 18.2 Å². The summed E-state index contributed by atoms with van der Waals surface area (Å²) in [6.45, 7) is 0.365. The van der Waals surface area contributed by atoms with E-state index < -0.39 is 0 Å². The number of rotatable bonds is 1. The molecule has 0 bridgehead atoms. The SMILES string of the molecule is C[SH](C)c1ccc2c(c1)OCO2. The van der Waals surface area contributed by atoms with Crippen LogP contribution in [0, 0.1) is 0 Å². The molecule has 0 aliphatic carbocycles. The second kappa shape index (κ2) is 2.90. The first kappa shape index (κ1) is 7.80. The van der Waals surface area contributed by atoms with E-state index >= 15 is 0 Å². The van der Waals surface area contributed by atoms with Crippen LogP contribution >= 0.6 is 10.9 Å². The maximum atomic E-state index is 5.28. The Morgan fingerprint density at radius 2 is 1.92 bits per heavy atom. The predicted molar refractivity (Wildman–Crippen MR) is 51.7 cm³/mol. The van der Waals surface area contributed by atoms with Crippen LogP contribution < -0.4 is 9.47 Å². The average Bonchev–Trinajstić information content (AvgIpc) is 2.49. The minimum absolute atomic E-state index is 0.0377. The first-order valence-corrected chi connectivity index (χ1v) is 6.08. The summed E-state index contributed by atoms with van der Waals surface area (Å²) in [6, 6.07) is 6.17. The Balaban J connectivity index is 2.39. The van der Waals surface area contributed by atoms with Crippen molar-refractivity contribution < 1.29 is 9.47 Å². The van der Waals surface area contributed by atoms with Crippen LogP contribution in [0.25, 0.3) is 0 Å². The minimum Gasteiger partial charge on any atom is -0.454 e. The van der Waals surface area contributed by atoms with Crippen LogP contribution in [-0.4, -0.2) is 19.3 Å². The molecule has 0 saturated carbocycles. The summed E-state index contributed by atoms with van der Waals surface area (Å²) < 4.78 is 10.5. The molecule has 12 heavy (non-hydrogen) atoms. The quantitative estimate of drug-likeness (QED) is 0.673. The van der Waals surface area contributed by atoms with Crippen LogP contribution in [0.5, 0.6) is 11.5 Å². The zero-order valence-electron chi connectivity index (χ0n) is 7.20. The number of thiol groups is 1. The Bertz CT molecular complexity index is 297. The van der Waals surface area contributed by atoms with Crippen molar-refractivity contribution in [2.45, 2.75) is 4.90 Å². The smallest absolute Gasteiger partial charge is 0.231 e. The summed E-state index contributed by atoms with van der Waals surface area (Å²) in [4.78, 5) is 1.36. The number of hydrogen-bond acceptors (Lipinski definition) is 2. The fourth-order valence-electron chi connectivity index (χ4n) is 1.16. The van der Waals surface area contributed by atoms with Gasteiger partial charge in [0.2, 0.25) is 6.79 Å². The molecular formula is C9H12O2S. The van der Waals surface area contributed by atoms with Crippen LogP contribution in [0.15, 0.2) is 23.1 Å². The van der Waals surface area contributed by atoms with Gasteiger partial charge < -0.3 is 9.47 Å². The van der Waals surface area contributed by atoms with Gasteiger partial charge in [-0.05, 0) is 35.6 Å². The molecule has 0 fully saturated rings. The van der Waals surface area contributed by atoms with Crippen molar-refractivity contribution in [2.75, 3.05) is 19.3 Å². The average molecular weight is 184 g/mol. The Morgan fingerprint density at radius 1 is 1.17 bits per heavy atom. The molecule has 1 aliphatic heterocycles. The van der Waals surface area contributed by atoms with Crippen molar-refractivity contribution in [3.8, 4) is 11.5 Å². The maximum absolute atomic E-state index is 5.28. The molecule has 0 spiro atoms. The van der Waals surface area contributed by atoms with E-state index in [0.717, 1.165) is 11.5 Å². The second-order valence-corrected chi connectivity index (χ2v) is 5.24. The summed E-state index contributed by atoms with van der Waals surface area (Å²) in [5, 5.41) is 0. The third kappa shape index (κ3) is 1.25. The molecule has 0 radical (unpaired) electrons. The Kier molecular flexibility index (Phi) is 1.89. The van der Waals surface area contributed by atoms with Gasteiger partial charge in [-0.3, -0.25) is 0 Å². The topological polar surface area (TPSA) is 18.5 Å². The standard InChI is InChI=1S/C9H12O2S/c1-12(2)7-3-4-8-9(5-7)11-6-10-8/h3-5,12H,6H2,1-2H3. The third-order valence-corrected chi connectivity index (χ3v) is 3.18. The van der Waals surface area contributed by atoms with Gasteiger partial charge in [-0.1, -0.05) is 0 Å². The number of fused-ring (bicyclic) bond motifs is 1. The molecule has 2 rings (SSSR count). The number of benzene rings is 1. The summed E-state index contributed by atoms with van der Waals surface area (Å²) in [5.74, 6) is 1.76. The van der Waals surface area contributed by atoms with E-state index in [1.807, 2.05) is 6.07 Å². The van der Waals surface area contributed by atoms with Crippen LogP contribution in [0.1, 0.15) is 0 Å². The molecule has 0 amide bonds. The summed E-state index contributed by atoms with van der Waals surface area (Å²) in [7, 11) is -0.0377. The fraction of sp³-hybridized carbons (Fsp3) is 0.333. The summed E-state index contributed by atoms with van der Waals surface area (Å²) in [5.41, 5.74) is 0. The molecular weight excluding hydrogens is 172 g/mol. The van der Waals surface area contributed by atoms with E-state index in [-0.39, 0.29) is 10.9 Å². The lowest BCUT2D eigenvalue weighted by atomic mass is 10.3. The van der Waals surface area contributed by atoms with Crippen molar-refractivity contribution in [2.24, 2.45) is 0 Å². The van der Waals surface area contributed by atoms with Crippen LogP contribution in [0.4, 0.5) is 0 Å². The molecule has 1 aliphatic rings. The van der Waals surface area contributed by atoms with Gasteiger partial charge in [-0.2, -0.15) is 0 Å². The van der Waals surface area contributed by atoms with Crippen molar-refractivity contribution >= 4 is 10.9 Å². The van der Waals surface area contributed by atoms with Crippen LogP contribution in [-0.2, 0) is 0 Å². The zero-order chi connectivity index (χ0) is 8.55. The lowest BCUT2D eigenvalue weighted by molar-refractivity contribution is 0.174. The van der Waals surface area contributed by atoms with Gasteiger partial charge in [0, 0.05) is 0 Å². The van der Waals surface area contributed by atoms with E-state index in [4.69, 9.17) is 9.47 Å². The van der Waals surface area contributed by atoms with Gasteiger partial charge in [0.15, 0.2) is 11.5 Å². The van der Waals surface area contributed by atoms with Gasteiger partial charge in [-0.25, -0.2) is 10.9 Å². The van der Waals surface area contributed by atoms with Gasteiger partial charge in [0.05, 0.1) is 0 Å². The molecule has 0 aromatic heterocycles. The highest BCUT2D eigenvalue weighted by Gasteiger charge is 2.13. The highest BCUT2D eigenvalue weighted by Crippen LogP contribution is 2.38. The molecule has 66 valence electrons. The van der Waals surface area contributed by atoms with Crippen molar-refractivity contribution in [3.63, 3.8) is 0 Å². The minimum atomic E-state index is -0.0377.